The molecule has 7 nitrogen and oxygen atoms in total. The Morgan fingerprint density at radius 3 is 2.40 bits per heavy atom. The zero-order valence-corrected chi connectivity index (χ0v) is 12.3. The number of hydrogen-bond donors (Lipinski definition) is 0. The summed E-state index contributed by atoms with van der Waals surface area (Å²) in [7, 11) is 2.59. The lowest BCUT2D eigenvalue weighted by atomic mass is 10.3. The molecule has 0 aliphatic heterocycles. The third-order valence-corrected chi connectivity index (χ3v) is 2.65. The van der Waals surface area contributed by atoms with Crippen LogP contribution < -0.4 is 4.90 Å². The maximum Gasteiger partial charge on any atom is 0.376 e. The summed E-state index contributed by atoms with van der Waals surface area (Å²) in [5.74, 6) is -0.539. The van der Waals surface area contributed by atoms with Crippen molar-refractivity contribution in [1.29, 1.82) is 0 Å². The lowest BCUT2D eigenvalue weighted by Gasteiger charge is -2.26. The highest BCUT2D eigenvalue weighted by Gasteiger charge is 2.19. The minimum absolute atomic E-state index is 0.00824. The van der Waals surface area contributed by atoms with Gasteiger partial charge in [0, 0.05) is 17.8 Å². The first-order chi connectivity index (χ1) is 9.38. The number of aromatic nitrogens is 2. The summed E-state index contributed by atoms with van der Waals surface area (Å²) in [6.45, 7) is 5.62. The van der Waals surface area contributed by atoms with Crippen LogP contribution in [0.4, 0.5) is 5.82 Å². The third kappa shape index (κ3) is 3.91. The fraction of sp³-hybridized carbons (Fsp3) is 0.538. The van der Waals surface area contributed by atoms with Crippen LogP contribution in [0.3, 0.4) is 0 Å². The Kier molecular flexibility index (Phi) is 5.42. The molecule has 7 heteroatoms. The molecule has 0 N–H and O–H groups in total. The van der Waals surface area contributed by atoms with Gasteiger partial charge in [0.1, 0.15) is 12.4 Å². The molecule has 1 aromatic heterocycles. The van der Waals surface area contributed by atoms with Crippen molar-refractivity contribution in [3.63, 3.8) is 0 Å². The standard InChI is InChI=1S/C13H19N3O4/c1-8(2)16(7-11(17)19-4)10-6-9(3)14-12(15-10)13(18)20-5/h6,8H,7H2,1-5H3. The number of anilines is 1. The molecule has 20 heavy (non-hydrogen) atoms. The average molecular weight is 281 g/mol. The summed E-state index contributed by atoms with van der Waals surface area (Å²) >= 11 is 0. The van der Waals surface area contributed by atoms with E-state index in [1.165, 1.54) is 14.2 Å². The van der Waals surface area contributed by atoms with E-state index < -0.39 is 5.97 Å². The van der Waals surface area contributed by atoms with Gasteiger partial charge < -0.3 is 14.4 Å². The lowest BCUT2D eigenvalue weighted by molar-refractivity contribution is -0.139. The molecule has 0 aliphatic rings. The van der Waals surface area contributed by atoms with Crippen LogP contribution in [0.15, 0.2) is 6.07 Å². The number of carbonyl (C=O) groups excluding carboxylic acids is 2. The van der Waals surface area contributed by atoms with E-state index in [4.69, 9.17) is 0 Å². The molecule has 1 aromatic rings. The Labute approximate surface area is 117 Å². The number of aryl methyl sites for hydroxylation is 1. The van der Waals surface area contributed by atoms with Gasteiger partial charge in [-0.15, -0.1) is 0 Å². The molecule has 0 saturated carbocycles. The number of esters is 2. The minimum atomic E-state index is -0.614. The molecule has 1 heterocycles. The predicted octanol–water partition coefficient (Wildman–Crippen LogP) is 0.959. The van der Waals surface area contributed by atoms with E-state index in [9.17, 15) is 9.59 Å². The molecule has 0 unspecified atom stereocenters. The van der Waals surface area contributed by atoms with Crippen LogP contribution >= 0.6 is 0 Å². The van der Waals surface area contributed by atoms with Crippen LogP contribution in [0.5, 0.6) is 0 Å². The normalized spacial score (nSPS) is 10.3. The van der Waals surface area contributed by atoms with E-state index >= 15 is 0 Å². The Morgan fingerprint density at radius 2 is 1.90 bits per heavy atom. The zero-order valence-electron chi connectivity index (χ0n) is 12.3. The number of rotatable bonds is 5. The monoisotopic (exact) mass is 281 g/mol. The first-order valence-electron chi connectivity index (χ1n) is 6.16. The molecule has 0 aliphatic carbocycles. The molecule has 0 bridgehead atoms. The van der Waals surface area contributed by atoms with E-state index in [0.29, 0.717) is 11.5 Å². The Morgan fingerprint density at radius 1 is 1.25 bits per heavy atom. The number of ether oxygens (including phenoxy) is 2. The second kappa shape index (κ2) is 6.83. The summed E-state index contributed by atoms with van der Waals surface area (Å²) in [5.41, 5.74) is 0.617. The van der Waals surface area contributed by atoms with E-state index in [1.54, 1.807) is 17.9 Å². The highest BCUT2D eigenvalue weighted by atomic mass is 16.5. The molecule has 0 radical (unpaired) electrons. The van der Waals surface area contributed by atoms with Gasteiger partial charge in [-0.2, -0.15) is 0 Å². The van der Waals surface area contributed by atoms with Crippen molar-refractivity contribution in [1.82, 2.24) is 9.97 Å². The van der Waals surface area contributed by atoms with Crippen molar-refractivity contribution in [3.8, 4) is 0 Å². The first-order valence-corrected chi connectivity index (χ1v) is 6.16. The number of nitrogens with zero attached hydrogens (tertiary/aromatic N) is 3. The molecule has 0 amide bonds. The summed E-state index contributed by atoms with van der Waals surface area (Å²) in [6, 6.07) is 1.71. The highest BCUT2D eigenvalue weighted by molar-refractivity contribution is 5.85. The third-order valence-electron chi connectivity index (χ3n) is 2.65. The SMILES string of the molecule is COC(=O)CN(c1cc(C)nc(C(=O)OC)n1)C(C)C. The van der Waals surface area contributed by atoms with E-state index in [-0.39, 0.29) is 24.4 Å². The molecule has 0 spiro atoms. The molecule has 0 saturated heterocycles. The van der Waals surface area contributed by atoms with Gasteiger partial charge in [-0.05, 0) is 20.8 Å². The van der Waals surface area contributed by atoms with Crippen molar-refractivity contribution in [2.75, 3.05) is 25.7 Å². The van der Waals surface area contributed by atoms with Gasteiger partial charge in [0.05, 0.1) is 14.2 Å². The van der Waals surface area contributed by atoms with Gasteiger partial charge in [0.2, 0.25) is 5.82 Å². The second-order valence-electron chi connectivity index (χ2n) is 4.48. The number of carbonyl (C=O) groups is 2. The Hall–Kier alpha value is -2.18. The van der Waals surface area contributed by atoms with E-state index in [0.717, 1.165) is 0 Å². The number of methoxy groups -OCH3 is 2. The van der Waals surface area contributed by atoms with Gasteiger partial charge in [0.25, 0.3) is 0 Å². The quantitative estimate of drug-likeness (QED) is 0.743. The van der Waals surface area contributed by atoms with Crippen LogP contribution in [0.25, 0.3) is 0 Å². The lowest BCUT2D eigenvalue weighted by Crippen LogP contribution is -2.37. The van der Waals surface area contributed by atoms with E-state index in [2.05, 4.69) is 19.4 Å². The van der Waals surface area contributed by atoms with Gasteiger partial charge in [-0.3, -0.25) is 4.79 Å². The summed E-state index contributed by atoms with van der Waals surface area (Å²) in [5, 5.41) is 0. The van der Waals surface area contributed by atoms with Crippen LogP contribution in [0, 0.1) is 6.92 Å². The largest absolute Gasteiger partial charge is 0.468 e. The van der Waals surface area contributed by atoms with Crippen LogP contribution in [0.1, 0.15) is 30.2 Å². The number of hydrogen-bond acceptors (Lipinski definition) is 7. The molecule has 0 aromatic carbocycles. The predicted molar refractivity (Wildman–Crippen MR) is 72.6 cm³/mol. The maximum atomic E-state index is 11.5. The van der Waals surface area contributed by atoms with Gasteiger partial charge >= 0.3 is 11.9 Å². The van der Waals surface area contributed by atoms with E-state index in [1.807, 2.05) is 13.8 Å². The van der Waals surface area contributed by atoms with Crippen molar-refractivity contribution < 1.29 is 19.1 Å². The fourth-order valence-corrected chi connectivity index (χ4v) is 1.61. The highest BCUT2D eigenvalue weighted by Crippen LogP contribution is 2.16. The maximum absolute atomic E-state index is 11.5. The molecule has 1 rings (SSSR count). The van der Waals surface area contributed by atoms with Crippen LogP contribution in [0.2, 0.25) is 0 Å². The fourth-order valence-electron chi connectivity index (χ4n) is 1.61. The van der Waals surface area contributed by atoms with Gasteiger partial charge in [-0.1, -0.05) is 0 Å². The Balaban J connectivity index is 3.16. The minimum Gasteiger partial charge on any atom is -0.468 e. The topological polar surface area (TPSA) is 81.6 Å². The van der Waals surface area contributed by atoms with Crippen LogP contribution in [-0.2, 0) is 14.3 Å². The van der Waals surface area contributed by atoms with Gasteiger partial charge in [0.15, 0.2) is 0 Å². The van der Waals surface area contributed by atoms with Crippen molar-refractivity contribution in [2.45, 2.75) is 26.8 Å². The molecule has 110 valence electrons. The average Bonchev–Trinajstić information content (AvgIpc) is 2.42. The second-order valence-corrected chi connectivity index (χ2v) is 4.48. The van der Waals surface area contributed by atoms with Crippen LogP contribution in [-0.4, -0.2) is 48.7 Å². The molecule has 0 atom stereocenters. The molecular formula is C13H19N3O4. The van der Waals surface area contributed by atoms with Gasteiger partial charge in [-0.25, -0.2) is 14.8 Å². The Bertz CT molecular complexity index is 502. The zero-order chi connectivity index (χ0) is 15.3. The summed E-state index contributed by atoms with van der Waals surface area (Å²) in [4.78, 5) is 32.9. The molecule has 0 fully saturated rings. The van der Waals surface area contributed by atoms with Crippen molar-refractivity contribution >= 4 is 17.8 Å². The van der Waals surface area contributed by atoms with Crippen molar-refractivity contribution in [3.05, 3.63) is 17.6 Å². The van der Waals surface area contributed by atoms with Crippen molar-refractivity contribution in [2.24, 2.45) is 0 Å². The first kappa shape index (κ1) is 15.9. The summed E-state index contributed by atoms with van der Waals surface area (Å²) < 4.78 is 9.28. The molecular weight excluding hydrogens is 262 g/mol. The summed E-state index contributed by atoms with van der Waals surface area (Å²) in [6.07, 6.45) is 0. The smallest absolute Gasteiger partial charge is 0.376 e.